The van der Waals surface area contributed by atoms with Crippen LogP contribution < -0.4 is 16.2 Å². The molecule has 0 bridgehead atoms. The topological polar surface area (TPSA) is 100 Å². The first-order valence-corrected chi connectivity index (χ1v) is 7.06. The lowest BCUT2D eigenvalue weighted by molar-refractivity contribution is 0.292. The van der Waals surface area contributed by atoms with Crippen molar-refractivity contribution in [3.63, 3.8) is 0 Å². The summed E-state index contributed by atoms with van der Waals surface area (Å²) in [4.78, 5) is 8.02. The highest BCUT2D eigenvalue weighted by Gasteiger charge is 2.08. The van der Waals surface area contributed by atoms with E-state index in [2.05, 4.69) is 15.3 Å². The third-order valence-corrected chi connectivity index (χ3v) is 3.15. The number of aryl methyl sites for hydroxylation is 1. The van der Waals surface area contributed by atoms with E-state index in [1.165, 1.54) is 6.08 Å². The fraction of sp³-hybridized carbons (Fsp3) is 0.188. The number of hydrazine groups is 1. The highest BCUT2D eigenvalue weighted by atomic mass is 16.5. The Morgan fingerprint density at radius 3 is 2.78 bits per heavy atom. The molecule has 0 unspecified atom stereocenters. The zero-order valence-corrected chi connectivity index (χ0v) is 13.2. The zero-order chi connectivity index (χ0) is 16.7. The number of hydrogen-bond acceptors (Lipinski definition) is 7. The lowest BCUT2D eigenvalue weighted by Gasteiger charge is -2.18. The lowest BCUT2D eigenvalue weighted by Crippen LogP contribution is -2.26. The normalized spacial score (nSPS) is 10.6. The van der Waals surface area contributed by atoms with Gasteiger partial charge in [0.15, 0.2) is 0 Å². The van der Waals surface area contributed by atoms with Gasteiger partial charge in [-0.25, -0.2) is 15.8 Å². The second-order valence-corrected chi connectivity index (χ2v) is 4.89. The van der Waals surface area contributed by atoms with E-state index in [9.17, 15) is 0 Å². The fourth-order valence-corrected chi connectivity index (χ4v) is 1.97. The van der Waals surface area contributed by atoms with Gasteiger partial charge in [0.05, 0.1) is 5.69 Å². The minimum atomic E-state index is 0.0299. The first kappa shape index (κ1) is 16.4. The number of benzene rings is 1. The van der Waals surface area contributed by atoms with Crippen molar-refractivity contribution < 1.29 is 4.74 Å². The van der Waals surface area contributed by atoms with E-state index in [1.807, 2.05) is 25.1 Å². The molecule has 0 saturated heterocycles. The minimum absolute atomic E-state index is 0.0299. The molecule has 1 aromatic heterocycles. The number of nitrogens with two attached hydrogens (primary N) is 1. The van der Waals surface area contributed by atoms with Crippen LogP contribution in [0.4, 0.5) is 11.6 Å². The summed E-state index contributed by atoms with van der Waals surface area (Å²) in [5.74, 6) is 6.31. The molecule has 0 amide bonds. The molecule has 0 spiro atoms. The predicted molar refractivity (Wildman–Crippen MR) is 91.1 cm³/mol. The molecule has 2 rings (SSSR count). The third kappa shape index (κ3) is 4.79. The van der Waals surface area contributed by atoms with Gasteiger partial charge >= 0.3 is 0 Å². The van der Waals surface area contributed by atoms with Gasteiger partial charge in [0.2, 0.25) is 11.8 Å². The molecule has 0 aliphatic carbocycles. The summed E-state index contributed by atoms with van der Waals surface area (Å²) in [7, 11) is 1.77. The van der Waals surface area contributed by atoms with Crippen LogP contribution in [0.5, 0.6) is 0 Å². The van der Waals surface area contributed by atoms with Gasteiger partial charge in [-0.15, -0.1) is 0 Å². The Balaban J connectivity index is 1.92. The summed E-state index contributed by atoms with van der Waals surface area (Å²) < 4.78 is 5.47. The Morgan fingerprint density at radius 2 is 2.09 bits per heavy atom. The van der Waals surface area contributed by atoms with E-state index in [0.717, 1.165) is 16.8 Å². The Hall–Kier alpha value is -2.93. The maximum absolute atomic E-state index is 7.82. The number of ether oxygens (including phenoxy) is 1. The van der Waals surface area contributed by atoms with Gasteiger partial charge in [-0.05, 0) is 24.6 Å². The third-order valence-electron chi connectivity index (χ3n) is 3.15. The SMILES string of the molecule is Cc1cccc(N(C)N)c1COC(=N)/C=C\Nc1ncccn1. The van der Waals surface area contributed by atoms with Crippen molar-refractivity contribution in [1.29, 1.82) is 5.41 Å². The van der Waals surface area contributed by atoms with Crippen LogP contribution in [0.3, 0.4) is 0 Å². The molecule has 23 heavy (non-hydrogen) atoms. The van der Waals surface area contributed by atoms with Crippen LogP contribution in [-0.4, -0.2) is 22.9 Å². The smallest absolute Gasteiger partial charge is 0.226 e. The van der Waals surface area contributed by atoms with Crippen molar-refractivity contribution in [2.24, 2.45) is 5.84 Å². The van der Waals surface area contributed by atoms with Crippen molar-refractivity contribution in [3.8, 4) is 0 Å². The van der Waals surface area contributed by atoms with E-state index in [-0.39, 0.29) is 12.5 Å². The number of anilines is 2. The molecule has 0 aliphatic rings. The molecule has 0 aliphatic heterocycles. The molecule has 2 aromatic rings. The standard InChI is InChI=1S/C16H20N6O/c1-12-5-3-6-14(22(2)18)13(12)11-23-15(17)7-10-21-16-19-8-4-9-20-16/h3-10,17H,11,18H2,1-2H3,(H,19,20,21)/b10-7-,17-15?. The highest BCUT2D eigenvalue weighted by molar-refractivity contribution is 5.85. The molecular weight excluding hydrogens is 292 g/mol. The van der Waals surface area contributed by atoms with Crippen LogP contribution in [0.2, 0.25) is 0 Å². The van der Waals surface area contributed by atoms with Crippen molar-refractivity contribution in [2.45, 2.75) is 13.5 Å². The number of nitrogens with zero attached hydrogens (tertiary/aromatic N) is 3. The highest BCUT2D eigenvalue weighted by Crippen LogP contribution is 2.22. The molecule has 0 fully saturated rings. The molecule has 120 valence electrons. The van der Waals surface area contributed by atoms with Gasteiger partial charge in [-0.1, -0.05) is 12.1 Å². The van der Waals surface area contributed by atoms with Gasteiger partial charge in [0.25, 0.3) is 0 Å². The maximum atomic E-state index is 7.82. The van der Waals surface area contributed by atoms with Crippen LogP contribution in [0, 0.1) is 12.3 Å². The second-order valence-electron chi connectivity index (χ2n) is 4.89. The summed E-state index contributed by atoms with van der Waals surface area (Å²) in [6.07, 6.45) is 6.33. The largest absolute Gasteiger partial charge is 0.473 e. The van der Waals surface area contributed by atoms with Crippen LogP contribution >= 0.6 is 0 Å². The quantitative estimate of drug-likeness (QED) is 0.327. The summed E-state index contributed by atoms with van der Waals surface area (Å²) >= 11 is 0. The van der Waals surface area contributed by atoms with E-state index >= 15 is 0 Å². The zero-order valence-electron chi connectivity index (χ0n) is 13.2. The summed E-state index contributed by atoms with van der Waals surface area (Å²) in [6, 6.07) is 7.57. The average molecular weight is 312 g/mol. The number of rotatable bonds is 6. The van der Waals surface area contributed by atoms with E-state index < -0.39 is 0 Å². The van der Waals surface area contributed by atoms with Gasteiger partial charge < -0.3 is 15.1 Å². The van der Waals surface area contributed by atoms with E-state index in [0.29, 0.717) is 5.95 Å². The van der Waals surface area contributed by atoms with Crippen LogP contribution in [-0.2, 0) is 11.3 Å². The van der Waals surface area contributed by atoms with Crippen molar-refractivity contribution >= 4 is 17.5 Å². The molecule has 0 saturated carbocycles. The molecule has 1 heterocycles. The number of nitrogens with one attached hydrogen (secondary N) is 2. The molecule has 0 radical (unpaired) electrons. The average Bonchev–Trinajstić information content (AvgIpc) is 2.54. The summed E-state index contributed by atoms with van der Waals surface area (Å²) in [5, 5.41) is 12.2. The van der Waals surface area contributed by atoms with Crippen molar-refractivity contribution in [2.75, 3.05) is 17.4 Å². The first-order valence-electron chi connectivity index (χ1n) is 7.06. The Morgan fingerprint density at radius 1 is 1.35 bits per heavy atom. The molecular formula is C16H20N6O. The monoisotopic (exact) mass is 312 g/mol. The lowest BCUT2D eigenvalue weighted by atomic mass is 10.1. The van der Waals surface area contributed by atoms with Crippen LogP contribution in [0.15, 0.2) is 48.9 Å². The fourth-order valence-electron chi connectivity index (χ4n) is 1.97. The Kier molecular flexibility index (Phi) is 5.65. The maximum Gasteiger partial charge on any atom is 0.226 e. The summed E-state index contributed by atoms with van der Waals surface area (Å²) in [6.45, 7) is 2.26. The Labute approximate surface area is 135 Å². The van der Waals surface area contributed by atoms with Gasteiger partial charge in [-0.3, -0.25) is 5.41 Å². The number of hydrogen-bond donors (Lipinski definition) is 3. The Bertz CT molecular complexity index is 684. The van der Waals surface area contributed by atoms with E-state index in [1.54, 1.807) is 36.7 Å². The molecule has 4 N–H and O–H groups in total. The second kappa shape index (κ2) is 7.90. The minimum Gasteiger partial charge on any atom is -0.473 e. The van der Waals surface area contributed by atoms with Crippen LogP contribution in [0.25, 0.3) is 0 Å². The molecule has 7 heteroatoms. The van der Waals surface area contributed by atoms with Crippen molar-refractivity contribution in [1.82, 2.24) is 9.97 Å². The summed E-state index contributed by atoms with van der Waals surface area (Å²) in [5.41, 5.74) is 2.89. The van der Waals surface area contributed by atoms with Crippen molar-refractivity contribution in [3.05, 3.63) is 60.1 Å². The van der Waals surface area contributed by atoms with Gasteiger partial charge in [0, 0.05) is 37.3 Å². The van der Waals surface area contributed by atoms with Gasteiger partial charge in [0.1, 0.15) is 6.61 Å². The first-order chi connectivity index (χ1) is 11.1. The number of aromatic nitrogens is 2. The van der Waals surface area contributed by atoms with Gasteiger partial charge in [-0.2, -0.15) is 0 Å². The predicted octanol–water partition coefficient (Wildman–Crippen LogP) is 2.21. The molecule has 0 atom stereocenters. The van der Waals surface area contributed by atoms with E-state index in [4.69, 9.17) is 16.0 Å². The molecule has 7 nitrogen and oxygen atoms in total. The molecule has 1 aromatic carbocycles. The van der Waals surface area contributed by atoms with Crippen LogP contribution in [0.1, 0.15) is 11.1 Å².